The molecule has 1 fully saturated rings. The Kier molecular flexibility index (Phi) is 5.58. The summed E-state index contributed by atoms with van der Waals surface area (Å²) in [7, 11) is 0. The summed E-state index contributed by atoms with van der Waals surface area (Å²) in [5.41, 5.74) is 5.32. The van der Waals surface area contributed by atoms with Crippen molar-refractivity contribution in [2.24, 2.45) is 5.92 Å². The van der Waals surface area contributed by atoms with Gasteiger partial charge >= 0.3 is 0 Å². The molecule has 1 aliphatic rings. The van der Waals surface area contributed by atoms with E-state index in [0.717, 1.165) is 17.4 Å². The number of phenolic OH excluding ortho intramolecular Hbond substituents is 1. The first-order valence-electron chi connectivity index (χ1n) is 10.2. The lowest BCUT2D eigenvalue weighted by Gasteiger charge is -2.29. The van der Waals surface area contributed by atoms with Crippen LogP contribution in [0.1, 0.15) is 49.1 Å². The van der Waals surface area contributed by atoms with Gasteiger partial charge in [-0.1, -0.05) is 66.7 Å². The van der Waals surface area contributed by atoms with Gasteiger partial charge < -0.3 is 5.11 Å². The minimum absolute atomic E-state index is 0.317. The van der Waals surface area contributed by atoms with E-state index in [1.165, 1.54) is 55.2 Å². The largest absolute Gasteiger partial charge is 0.508 e. The Balaban J connectivity index is 1.28. The molecule has 3 aromatic rings. The van der Waals surface area contributed by atoms with E-state index in [1.807, 2.05) is 12.1 Å². The molecule has 0 spiro atoms. The maximum atomic E-state index is 9.42. The Hall–Kier alpha value is -2.54. The van der Waals surface area contributed by atoms with Crippen LogP contribution in [-0.2, 0) is 6.42 Å². The molecular formula is C26H28O. The van der Waals surface area contributed by atoms with Gasteiger partial charge in [0.05, 0.1) is 0 Å². The van der Waals surface area contributed by atoms with E-state index in [2.05, 4.69) is 54.6 Å². The molecule has 0 bridgehead atoms. The smallest absolute Gasteiger partial charge is 0.115 e. The maximum absolute atomic E-state index is 9.42. The quantitative estimate of drug-likeness (QED) is 0.523. The third kappa shape index (κ3) is 4.60. The monoisotopic (exact) mass is 356 g/mol. The number of hydrogen-bond donors (Lipinski definition) is 1. The zero-order chi connectivity index (χ0) is 18.5. The fraction of sp³-hybridized carbons (Fsp3) is 0.308. The maximum Gasteiger partial charge on any atom is 0.115 e. The van der Waals surface area contributed by atoms with Gasteiger partial charge in [-0.15, -0.1) is 0 Å². The van der Waals surface area contributed by atoms with Crippen LogP contribution in [0.15, 0.2) is 78.9 Å². The summed E-state index contributed by atoms with van der Waals surface area (Å²) in [5, 5.41) is 9.42. The lowest BCUT2D eigenvalue weighted by Crippen LogP contribution is -2.14. The average molecular weight is 357 g/mol. The summed E-state index contributed by atoms with van der Waals surface area (Å²) in [4.78, 5) is 0. The van der Waals surface area contributed by atoms with Crippen molar-refractivity contribution in [3.05, 3.63) is 90.0 Å². The fourth-order valence-electron chi connectivity index (χ4n) is 4.40. The summed E-state index contributed by atoms with van der Waals surface area (Å²) in [6, 6.07) is 27.4. The normalized spacial score (nSPS) is 19.7. The van der Waals surface area contributed by atoms with Crippen molar-refractivity contribution in [2.45, 2.75) is 44.4 Å². The highest BCUT2D eigenvalue weighted by Crippen LogP contribution is 2.37. The molecule has 1 N–H and O–H groups in total. The minimum Gasteiger partial charge on any atom is -0.508 e. The molecule has 1 nitrogen and oxygen atoms in total. The summed E-state index contributed by atoms with van der Waals surface area (Å²) in [6.45, 7) is 0. The SMILES string of the molecule is Oc1ccc(-c2ccc(CCC3CCC(c4ccccc4)CC3)cc2)cc1. The number of aromatic hydroxyl groups is 1. The Bertz CT molecular complexity index is 826. The number of rotatable bonds is 5. The van der Waals surface area contributed by atoms with Crippen LogP contribution in [0.3, 0.4) is 0 Å². The summed E-state index contributed by atoms with van der Waals surface area (Å²) in [6.07, 6.45) is 7.90. The highest BCUT2D eigenvalue weighted by Gasteiger charge is 2.21. The molecule has 4 rings (SSSR count). The van der Waals surface area contributed by atoms with Crippen molar-refractivity contribution >= 4 is 0 Å². The summed E-state index contributed by atoms with van der Waals surface area (Å²) in [5.74, 6) is 1.96. The van der Waals surface area contributed by atoms with Gasteiger partial charge in [-0.3, -0.25) is 0 Å². The second-order valence-electron chi connectivity index (χ2n) is 7.91. The first-order valence-corrected chi connectivity index (χ1v) is 10.2. The molecule has 0 aliphatic heterocycles. The van der Waals surface area contributed by atoms with Crippen LogP contribution in [-0.4, -0.2) is 5.11 Å². The van der Waals surface area contributed by atoms with Gasteiger partial charge in [-0.05, 0) is 84.7 Å². The molecule has 0 radical (unpaired) electrons. The predicted octanol–water partition coefficient (Wildman–Crippen LogP) is 6.97. The predicted molar refractivity (Wildman–Crippen MR) is 113 cm³/mol. The van der Waals surface area contributed by atoms with Crippen LogP contribution in [0.5, 0.6) is 5.75 Å². The summed E-state index contributed by atoms with van der Waals surface area (Å²) >= 11 is 0. The molecule has 1 heteroatoms. The van der Waals surface area contributed by atoms with Crippen molar-refractivity contribution in [3.8, 4) is 16.9 Å². The Labute approximate surface area is 162 Å². The molecule has 0 atom stereocenters. The molecule has 0 unspecified atom stereocenters. The first kappa shape index (κ1) is 17.9. The zero-order valence-corrected chi connectivity index (χ0v) is 15.9. The van der Waals surface area contributed by atoms with Crippen LogP contribution in [0, 0.1) is 5.92 Å². The van der Waals surface area contributed by atoms with Crippen LogP contribution in [0.2, 0.25) is 0 Å². The van der Waals surface area contributed by atoms with Gasteiger partial charge in [0.1, 0.15) is 5.75 Å². The highest BCUT2D eigenvalue weighted by molar-refractivity contribution is 5.64. The third-order valence-corrected chi connectivity index (χ3v) is 6.11. The standard InChI is InChI=1S/C26H28O/c27-26-18-16-25(17-19-26)24-14-10-21(11-15-24)7-6-20-8-12-23(13-9-20)22-4-2-1-3-5-22/h1-5,10-11,14-20,23,27H,6-9,12-13H2. The van der Waals surface area contributed by atoms with Gasteiger partial charge in [0.2, 0.25) is 0 Å². The van der Waals surface area contributed by atoms with E-state index in [4.69, 9.17) is 0 Å². The van der Waals surface area contributed by atoms with Crippen LogP contribution in [0.25, 0.3) is 11.1 Å². The number of aryl methyl sites for hydroxylation is 1. The van der Waals surface area contributed by atoms with Crippen molar-refractivity contribution in [2.75, 3.05) is 0 Å². The number of hydrogen-bond acceptors (Lipinski definition) is 1. The molecule has 0 amide bonds. The molecule has 0 aromatic heterocycles. The second kappa shape index (κ2) is 8.43. The van der Waals surface area contributed by atoms with E-state index in [1.54, 1.807) is 12.1 Å². The molecule has 138 valence electrons. The Morgan fingerprint density at radius 2 is 1.26 bits per heavy atom. The van der Waals surface area contributed by atoms with Gasteiger partial charge in [-0.25, -0.2) is 0 Å². The topological polar surface area (TPSA) is 20.2 Å². The van der Waals surface area contributed by atoms with E-state index >= 15 is 0 Å². The van der Waals surface area contributed by atoms with Crippen LogP contribution >= 0.6 is 0 Å². The number of phenols is 1. The van der Waals surface area contributed by atoms with E-state index in [9.17, 15) is 5.11 Å². The molecule has 3 aromatic carbocycles. The van der Waals surface area contributed by atoms with Crippen LogP contribution < -0.4 is 0 Å². The fourth-order valence-corrected chi connectivity index (χ4v) is 4.40. The van der Waals surface area contributed by atoms with Crippen LogP contribution in [0.4, 0.5) is 0 Å². The van der Waals surface area contributed by atoms with Crippen molar-refractivity contribution in [1.29, 1.82) is 0 Å². The number of benzene rings is 3. The zero-order valence-electron chi connectivity index (χ0n) is 15.9. The van der Waals surface area contributed by atoms with E-state index in [-0.39, 0.29) is 0 Å². The molecule has 27 heavy (non-hydrogen) atoms. The molecule has 1 aliphatic carbocycles. The lowest BCUT2D eigenvalue weighted by atomic mass is 9.77. The lowest BCUT2D eigenvalue weighted by molar-refractivity contribution is 0.310. The van der Waals surface area contributed by atoms with Gasteiger partial charge in [-0.2, -0.15) is 0 Å². The first-order chi connectivity index (χ1) is 13.3. The highest BCUT2D eigenvalue weighted by atomic mass is 16.3. The molecule has 0 saturated heterocycles. The van der Waals surface area contributed by atoms with Crippen molar-refractivity contribution < 1.29 is 5.11 Å². The van der Waals surface area contributed by atoms with Gasteiger partial charge in [0, 0.05) is 0 Å². The third-order valence-electron chi connectivity index (χ3n) is 6.11. The minimum atomic E-state index is 0.317. The van der Waals surface area contributed by atoms with E-state index in [0.29, 0.717) is 5.75 Å². The van der Waals surface area contributed by atoms with Crippen molar-refractivity contribution in [1.82, 2.24) is 0 Å². The molecular weight excluding hydrogens is 328 g/mol. The molecule has 0 heterocycles. The van der Waals surface area contributed by atoms with Gasteiger partial charge in [0.25, 0.3) is 0 Å². The van der Waals surface area contributed by atoms with Crippen molar-refractivity contribution in [3.63, 3.8) is 0 Å². The van der Waals surface area contributed by atoms with Gasteiger partial charge in [0.15, 0.2) is 0 Å². The van der Waals surface area contributed by atoms with E-state index < -0.39 is 0 Å². The average Bonchev–Trinajstić information content (AvgIpc) is 2.74. The molecule has 1 saturated carbocycles. The Morgan fingerprint density at radius 1 is 0.667 bits per heavy atom. The summed E-state index contributed by atoms with van der Waals surface area (Å²) < 4.78 is 0. The second-order valence-corrected chi connectivity index (χ2v) is 7.91. The Morgan fingerprint density at radius 3 is 1.89 bits per heavy atom.